The van der Waals surface area contributed by atoms with Gasteiger partial charge in [-0.25, -0.2) is 0 Å². The summed E-state index contributed by atoms with van der Waals surface area (Å²) in [6.45, 7) is 8.60. The standard InChI is InChI=1S/C13H25NO2/c1-10(2)9-13(16)14-8-6-5-7-12(15)11(3)4/h10-11H,5-9H2,1-4H3,(H,14,16). The van der Waals surface area contributed by atoms with Crippen molar-refractivity contribution in [2.75, 3.05) is 6.54 Å². The highest BCUT2D eigenvalue weighted by molar-refractivity contribution is 5.80. The van der Waals surface area contributed by atoms with E-state index in [0.29, 0.717) is 31.1 Å². The first kappa shape index (κ1) is 15.1. The number of rotatable bonds is 8. The first-order valence-corrected chi connectivity index (χ1v) is 6.23. The van der Waals surface area contributed by atoms with Crippen molar-refractivity contribution >= 4 is 11.7 Å². The third kappa shape index (κ3) is 8.45. The van der Waals surface area contributed by atoms with E-state index >= 15 is 0 Å². The normalized spacial score (nSPS) is 10.9. The van der Waals surface area contributed by atoms with Gasteiger partial charge in [0.2, 0.25) is 5.91 Å². The molecule has 1 N–H and O–H groups in total. The number of Topliss-reactive ketones (excluding diaryl/α,β-unsaturated/α-hetero) is 1. The fourth-order valence-electron chi connectivity index (χ4n) is 1.38. The average Bonchev–Trinajstić information content (AvgIpc) is 2.15. The van der Waals surface area contributed by atoms with Crippen LogP contribution in [0.2, 0.25) is 0 Å². The SMILES string of the molecule is CC(C)CC(=O)NCCCCC(=O)C(C)C. The highest BCUT2D eigenvalue weighted by atomic mass is 16.1. The second-order valence-corrected chi connectivity index (χ2v) is 5.03. The first-order valence-electron chi connectivity index (χ1n) is 6.23. The number of hydrogen-bond donors (Lipinski definition) is 1. The number of ketones is 1. The van der Waals surface area contributed by atoms with Crippen molar-refractivity contribution in [1.29, 1.82) is 0 Å². The van der Waals surface area contributed by atoms with Crippen molar-refractivity contribution in [3.8, 4) is 0 Å². The number of carbonyl (C=O) groups is 2. The molecule has 0 rings (SSSR count). The number of hydrogen-bond acceptors (Lipinski definition) is 2. The van der Waals surface area contributed by atoms with Crippen LogP contribution in [0.3, 0.4) is 0 Å². The van der Waals surface area contributed by atoms with E-state index in [9.17, 15) is 9.59 Å². The molecule has 94 valence electrons. The summed E-state index contributed by atoms with van der Waals surface area (Å²) in [5, 5.41) is 2.87. The van der Waals surface area contributed by atoms with Gasteiger partial charge >= 0.3 is 0 Å². The maximum atomic E-state index is 11.3. The van der Waals surface area contributed by atoms with Crippen LogP contribution in [-0.2, 0) is 9.59 Å². The number of carbonyl (C=O) groups excluding carboxylic acids is 2. The van der Waals surface area contributed by atoms with Gasteiger partial charge in [-0.2, -0.15) is 0 Å². The molecule has 0 aromatic carbocycles. The molecule has 0 heterocycles. The summed E-state index contributed by atoms with van der Waals surface area (Å²) in [4.78, 5) is 22.6. The zero-order valence-electron chi connectivity index (χ0n) is 11.0. The maximum Gasteiger partial charge on any atom is 0.220 e. The van der Waals surface area contributed by atoms with Gasteiger partial charge < -0.3 is 5.32 Å². The molecule has 0 aliphatic carbocycles. The molecule has 0 aromatic heterocycles. The Morgan fingerprint density at radius 1 is 1.06 bits per heavy atom. The molecular formula is C13H25NO2. The van der Waals surface area contributed by atoms with Crippen LogP contribution in [0.1, 0.15) is 53.4 Å². The van der Waals surface area contributed by atoms with Gasteiger partial charge in [0.25, 0.3) is 0 Å². The summed E-state index contributed by atoms with van der Waals surface area (Å²) in [6, 6.07) is 0. The predicted octanol–water partition coefficient (Wildman–Crippen LogP) is 2.54. The predicted molar refractivity (Wildman–Crippen MR) is 66.2 cm³/mol. The van der Waals surface area contributed by atoms with Crippen LogP contribution < -0.4 is 5.32 Å². The number of amides is 1. The van der Waals surface area contributed by atoms with Crippen molar-refractivity contribution in [3.63, 3.8) is 0 Å². The zero-order chi connectivity index (χ0) is 12.6. The van der Waals surface area contributed by atoms with E-state index < -0.39 is 0 Å². The van der Waals surface area contributed by atoms with Crippen molar-refractivity contribution in [1.82, 2.24) is 5.32 Å². The molecule has 0 spiro atoms. The van der Waals surface area contributed by atoms with E-state index in [1.54, 1.807) is 0 Å². The third-order valence-corrected chi connectivity index (χ3v) is 2.41. The summed E-state index contributed by atoms with van der Waals surface area (Å²) in [7, 11) is 0. The smallest absolute Gasteiger partial charge is 0.220 e. The van der Waals surface area contributed by atoms with Gasteiger partial charge in [0.15, 0.2) is 0 Å². The van der Waals surface area contributed by atoms with Crippen LogP contribution in [0.4, 0.5) is 0 Å². The van der Waals surface area contributed by atoms with Gasteiger partial charge in [0.05, 0.1) is 0 Å². The van der Waals surface area contributed by atoms with Gasteiger partial charge in [-0.3, -0.25) is 9.59 Å². The van der Waals surface area contributed by atoms with E-state index in [2.05, 4.69) is 5.32 Å². The molecule has 3 heteroatoms. The fourth-order valence-corrected chi connectivity index (χ4v) is 1.38. The Labute approximate surface area is 99.0 Å². The second-order valence-electron chi connectivity index (χ2n) is 5.03. The molecule has 0 saturated heterocycles. The molecule has 0 aliphatic heterocycles. The molecule has 16 heavy (non-hydrogen) atoms. The minimum Gasteiger partial charge on any atom is -0.356 e. The van der Waals surface area contributed by atoms with Crippen LogP contribution >= 0.6 is 0 Å². The maximum absolute atomic E-state index is 11.3. The summed E-state index contributed by atoms with van der Waals surface area (Å²) >= 11 is 0. The minimum absolute atomic E-state index is 0.116. The molecule has 0 unspecified atom stereocenters. The molecule has 0 atom stereocenters. The van der Waals surface area contributed by atoms with Gasteiger partial charge in [0.1, 0.15) is 5.78 Å². The average molecular weight is 227 g/mol. The van der Waals surface area contributed by atoms with Gasteiger partial charge in [0, 0.05) is 25.3 Å². The van der Waals surface area contributed by atoms with E-state index in [4.69, 9.17) is 0 Å². The molecule has 0 radical (unpaired) electrons. The summed E-state index contributed by atoms with van der Waals surface area (Å²) in [5.41, 5.74) is 0. The monoisotopic (exact) mass is 227 g/mol. The number of nitrogens with one attached hydrogen (secondary N) is 1. The van der Waals surface area contributed by atoms with Crippen molar-refractivity contribution in [3.05, 3.63) is 0 Å². The topological polar surface area (TPSA) is 46.2 Å². The van der Waals surface area contributed by atoms with Crippen LogP contribution in [-0.4, -0.2) is 18.2 Å². The molecule has 0 bridgehead atoms. The summed E-state index contributed by atoms with van der Waals surface area (Å²) < 4.78 is 0. The molecular weight excluding hydrogens is 202 g/mol. The molecule has 0 fully saturated rings. The molecule has 3 nitrogen and oxygen atoms in total. The van der Waals surface area contributed by atoms with E-state index in [-0.39, 0.29) is 11.8 Å². The lowest BCUT2D eigenvalue weighted by molar-refractivity contribution is -0.122. The van der Waals surface area contributed by atoms with Crippen molar-refractivity contribution in [2.45, 2.75) is 53.4 Å². The second kappa shape index (κ2) is 8.31. The van der Waals surface area contributed by atoms with Crippen molar-refractivity contribution in [2.24, 2.45) is 11.8 Å². The first-order chi connectivity index (χ1) is 7.43. The number of unbranched alkanes of at least 4 members (excludes halogenated alkanes) is 1. The zero-order valence-corrected chi connectivity index (χ0v) is 11.0. The lowest BCUT2D eigenvalue weighted by Gasteiger charge is -2.07. The highest BCUT2D eigenvalue weighted by Gasteiger charge is 2.07. The van der Waals surface area contributed by atoms with E-state index in [1.165, 1.54) is 0 Å². The van der Waals surface area contributed by atoms with Crippen LogP contribution in [0.15, 0.2) is 0 Å². The third-order valence-electron chi connectivity index (χ3n) is 2.41. The Balaban J connectivity index is 3.40. The molecule has 1 amide bonds. The van der Waals surface area contributed by atoms with Gasteiger partial charge in [-0.1, -0.05) is 27.7 Å². The molecule has 0 aromatic rings. The van der Waals surface area contributed by atoms with Crippen LogP contribution in [0.25, 0.3) is 0 Å². The Hall–Kier alpha value is -0.860. The van der Waals surface area contributed by atoms with E-state index in [1.807, 2.05) is 27.7 Å². The molecule has 0 saturated carbocycles. The van der Waals surface area contributed by atoms with Crippen LogP contribution in [0.5, 0.6) is 0 Å². The Morgan fingerprint density at radius 3 is 2.19 bits per heavy atom. The Bertz CT molecular complexity index is 222. The van der Waals surface area contributed by atoms with Crippen LogP contribution in [0, 0.1) is 11.8 Å². The fraction of sp³-hybridized carbons (Fsp3) is 0.846. The highest BCUT2D eigenvalue weighted by Crippen LogP contribution is 2.04. The minimum atomic E-state index is 0.116. The van der Waals surface area contributed by atoms with E-state index in [0.717, 1.165) is 12.8 Å². The Morgan fingerprint density at radius 2 is 1.69 bits per heavy atom. The van der Waals surface area contributed by atoms with Gasteiger partial charge in [-0.15, -0.1) is 0 Å². The van der Waals surface area contributed by atoms with Gasteiger partial charge in [-0.05, 0) is 18.8 Å². The summed E-state index contributed by atoms with van der Waals surface area (Å²) in [6.07, 6.45) is 2.99. The van der Waals surface area contributed by atoms with Crippen molar-refractivity contribution < 1.29 is 9.59 Å². The lowest BCUT2D eigenvalue weighted by atomic mass is 10.0. The quantitative estimate of drug-likeness (QED) is 0.648. The summed E-state index contributed by atoms with van der Waals surface area (Å²) in [5.74, 6) is 0.969. The Kier molecular flexibility index (Phi) is 7.86. The molecule has 0 aliphatic rings. The lowest BCUT2D eigenvalue weighted by Crippen LogP contribution is -2.25. The largest absolute Gasteiger partial charge is 0.356 e.